The van der Waals surface area contributed by atoms with E-state index in [1.807, 2.05) is 12.1 Å². The van der Waals surface area contributed by atoms with Crippen molar-refractivity contribution in [2.24, 2.45) is 4.99 Å². The summed E-state index contributed by atoms with van der Waals surface area (Å²) < 4.78 is 0.968. The van der Waals surface area contributed by atoms with E-state index in [0.717, 1.165) is 23.5 Å². The first-order valence-electron chi connectivity index (χ1n) is 7.20. The summed E-state index contributed by atoms with van der Waals surface area (Å²) >= 11 is 3.35. The van der Waals surface area contributed by atoms with Crippen molar-refractivity contribution in [1.82, 2.24) is 15.5 Å². The Balaban J connectivity index is 1.71. The summed E-state index contributed by atoms with van der Waals surface area (Å²) in [7, 11) is 1.79. The number of carbonyl (C=O) groups excluding carboxylic acids is 1. The van der Waals surface area contributed by atoms with Crippen LogP contribution in [0, 0.1) is 0 Å². The molecule has 0 aliphatic carbocycles. The number of carbonyl (C=O) groups is 1. The van der Waals surface area contributed by atoms with Crippen molar-refractivity contribution in [3.8, 4) is 0 Å². The molecule has 0 saturated carbocycles. The van der Waals surface area contributed by atoms with E-state index in [9.17, 15) is 4.79 Å². The van der Waals surface area contributed by atoms with Crippen molar-refractivity contribution >= 4 is 27.8 Å². The van der Waals surface area contributed by atoms with Gasteiger partial charge in [0, 0.05) is 43.3 Å². The minimum Gasteiger partial charge on any atom is -0.354 e. The fourth-order valence-corrected chi connectivity index (χ4v) is 2.58. The van der Waals surface area contributed by atoms with Crippen molar-refractivity contribution < 1.29 is 4.79 Å². The Labute approximate surface area is 133 Å². The van der Waals surface area contributed by atoms with Gasteiger partial charge in [0.05, 0.1) is 0 Å². The van der Waals surface area contributed by atoms with Gasteiger partial charge in [0.2, 0.25) is 0 Å². The smallest absolute Gasteiger partial charge is 0.251 e. The highest BCUT2D eigenvalue weighted by Crippen LogP contribution is 2.10. The average molecular weight is 353 g/mol. The molecule has 5 nitrogen and oxygen atoms in total. The highest BCUT2D eigenvalue weighted by atomic mass is 79.9. The van der Waals surface area contributed by atoms with E-state index < -0.39 is 0 Å². The SMILES string of the molecule is CN=C(NCCNC(=O)c1ccc(Br)cc1)N1CCCC1. The van der Waals surface area contributed by atoms with E-state index >= 15 is 0 Å². The molecule has 6 heteroatoms. The molecule has 0 radical (unpaired) electrons. The number of amides is 1. The highest BCUT2D eigenvalue weighted by Gasteiger charge is 2.15. The van der Waals surface area contributed by atoms with Gasteiger partial charge in [-0.1, -0.05) is 15.9 Å². The number of aliphatic imine (C=N–C) groups is 1. The molecule has 1 aliphatic rings. The molecule has 1 aromatic carbocycles. The lowest BCUT2D eigenvalue weighted by atomic mass is 10.2. The van der Waals surface area contributed by atoms with Gasteiger partial charge in [-0.25, -0.2) is 0 Å². The van der Waals surface area contributed by atoms with Gasteiger partial charge in [-0.15, -0.1) is 0 Å². The summed E-state index contributed by atoms with van der Waals surface area (Å²) in [6, 6.07) is 7.33. The van der Waals surface area contributed by atoms with Crippen LogP contribution in [0.25, 0.3) is 0 Å². The van der Waals surface area contributed by atoms with Crippen LogP contribution >= 0.6 is 15.9 Å². The second kappa shape index (κ2) is 8.02. The first-order chi connectivity index (χ1) is 10.2. The molecule has 114 valence electrons. The maximum atomic E-state index is 11.9. The Hall–Kier alpha value is -1.56. The Kier molecular flexibility index (Phi) is 6.04. The number of nitrogens with zero attached hydrogens (tertiary/aromatic N) is 2. The van der Waals surface area contributed by atoms with E-state index in [1.165, 1.54) is 12.8 Å². The van der Waals surface area contributed by atoms with Crippen LogP contribution < -0.4 is 10.6 Å². The molecule has 1 fully saturated rings. The third kappa shape index (κ3) is 4.74. The van der Waals surface area contributed by atoms with E-state index in [1.54, 1.807) is 19.2 Å². The summed E-state index contributed by atoms with van der Waals surface area (Å²) in [4.78, 5) is 18.4. The third-order valence-electron chi connectivity index (χ3n) is 3.42. The lowest BCUT2D eigenvalue weighted by molar-refractivity contribution is 0.0954. The highest BCUT2D eigenvalue weighted by molar-refractivity contribution is 9.10. The minimum atomic E-state index is -0.0551. The van der Waals surface area contributed by atoms with Crippen molar-refractivity contribution in [1.29, 1.82) is 0 Å². The lowest BCUT2D eigenvalue weighted by Crippen LogP contribution is -2.42. The third-order valence-corrected chi connectivity index (χ3v) is 3.95. The topological polar surface area (TPSA) is 56.7 Å². The van der Waals surface area contributed by atoms with Crippen molar-refractivity contribution in [3.05, 3.63) is 34.3 Å². The molecule has 1 aliphatic heterocycles. The second-order valence-electron chi connectivity index (χ2n) is 4.93. The molecule has 0 atom stereocenters. The normalized spacial score (nSPS) is 15.1. The van der Waals surface area contributed by atoms with E-state index in [4.69, 9.17) is 0 Å². The molecule has 1 aromatic rings. The number of guanidine groups is 1. The fraction of sp³-hybridized carbons (Fsp3) is 0.467. The predicted molar refractivity (Wildman–Crippen MR) is 88.6 cm³/mol. The summed E-state index contributed by atoms with van der Waals surface area (Å²) in [5.74, 6) is 0.867. The monoisotopic (exact) mass is 352 g/mol. The summed E-state index contributed by atoms with van der Waals surface area (Å²) in [6.07, 6.45) is 2.45. The molecule has 2 N–H and O–H groups in total. The number of rotatable bonds is 4. The molecule has 0 bridgehead atoms. The van der Waals surface area contributed by atoms with Gasteiger partial charge in [-0.05, 0) is 37.1 Å². The summed E-state index contributed by atoms with van der Waals surface area (Å²) in [6.45, 7) is 3.36. The number of nitrogens with one attached hydrogen (secondary N) is 2. The number of halogens is 1. The quantitative estimate of drug-likeness (QED) is 0.494. The number of hydrogen-bond acceptors (Lipinski definition) is 2. The maximum Gasteiger partial charge on any atom is 0.251 e. The summed E-state index contributed by atoms with van der Waals surface area (Å²) in [5, 5.41) is 6.18. The zero-order valence-corrected chi connectivity index (χ0v) is 13.8. The lowest BCUT2D eigenvalue weighted by Gasteiger charge is -2.20. The van der Waals surface area contributed by atoms with Crippen LogP contribution in [0.15, 0.2) is 33.7 Å². The largest absolute Gasteiger partial charge is 0.354 e. The van der Waals surface area contributed by atoms with E-state index in [2.05, 4.69) is 36.5 Å². The Morgan fingerprint density at radius 2 is 1.81 bits per heavy atom. The summed E-state index contributed by atoms with van der Waals surface area (Å²) in [5.41, 5.74) is 0.669. The van der Waals surface area contributed by atoms with E-state index in [-0.39, 0.29) is 5.91 Å². The van der Waals surface area contributed by atoms with Gasteiger partial charge in [0.1, 0.15) is 0 Å². The zero-order chi connectivity index (χ0) is 15.1. The van der Waals surface area contributed by atoms with Crippen LogP contribution in [0.3, 0.4) is 0 Å². The molecule has 0 spiro atoms. The fourth-order valence-electron chi connectivity index (χ4n) is 2.31. The Morgan fingerprint density at radius 1 is 1.19 bits per heavy atom. The van der Waals surface area contributed by atoms with Crippen LogP contribution in [0.5, 0.6) is 0 Å². The van der Waals surface area contributed by atoms with E-state index in [0.29, 0.717) is 18.7 Å². The number of hydrogen-bond donors (Lipinski definition) is 2. The maximum absolute atomic E-state index is 11.9. The molecule has 1 saturated heterocycles. The Morgan fingerprint density at radius 3 is 2.43 bits per heavy atom. The van der Waals surface area contributed by atoms with Crippen LogP contribution in [-0.4, -0.2) is 50.0 Å². The molecule has 21 heavy (non-hydrogen) atoms. The molecular weight excluding hydrogens is 332 g/mol. The van der Waals surface area contributed by atoms with Crippen molar-refractivity contribution in [2.45, 2.75) is 12.8 Å². The zero-order valence-electron chi connectivity index (χ0n) is 12.2. The van der Waals surface area contributed by atoms with Gasteiger partial charge in [-0.2, -0.15) is 0 Å². The molecule has 0 unspecified atom stereocenters. The molecular formula is C15H21BrN4O. The van der Waals surface area contributed by atoms with Crippen LogP contribution in [-0.2, 0) is 0 Å². The van der Waals surface area contributed by atoms with Crippen molar-refractivity contribution in [2.75, 3.05) is 33.2 Å². The average Bonchev–Trinajstić information content (AvgIpc) is 3.02. The van der Waals surface area contributed by atoms with Gasteiger partial charge >= 0.3 is 0 Å². The standard InChI is InChI=1S/C15H21BrN4O/c1-17-15(20-10-2-3-11-20)19-9-8-18-14(21)12-4-6-13(16)7-5-12/h4-7H,2-3,8-11H2,1H3,(H,17,19)(H,18,21). The first-order valence-corrected chi connectivity index (χ1v) is 7.99. The van der Waals surface area contributed by atoms with Gasteiger partial charge < -0.3 is 15.5 Å². The first kappa shape index (κ1) is 15.8. The minimum absolute atomic E-state index is 0.0551. The second-order valence-corrected chi connectivity index (χ2v) is 5.85. The molecule has 1 heterocycles. The van der Waals surface area contributed by atoms with Gasteiger partial charge in [0.25, 0.3) is 5.91 Å². The van der Waals surface area contributed by atoms with Gasteiger partial charge in [-0.3, -0.25) is 9.79 Å². The van der Waals surface area contributed by atoms with Crippen molar-refractivity contribution in [3.63, 3.8) is 0 Å². The van der Waals surface area contributed by atoms with Crippen LogP contribution in [0.4, 0.5) is 0 Å². The van der Waals surface area contributed by atoms with Crippen LogP contribution in [0.1, 0.15) is 23.2 Å². The molecule has 2 rings (SSSR count). The Bertz CT molecular complexity index is 495. The number of likely N-dealkylation sites (tertiary alicyclic amines) is 1. The predicted octanol–water partition coefficient (Wildman–Crippen LogP) is 1.85. The molecule has 1 amide bonds. The van der Waals surface area contributed by atoms with Gasteiger partial charge in [0.15, 0.2) is 5.96 Å². The number of benzene rings is 1. The molecule has 0 aromatic heterocycles. The van der Waals surface area contributed by atoms with Crippen LogP contribution in [0.2, 0.25) is 0 Å².